The fourth-order valence-corrected chi connectivity index (χ4v) is 4.78. The van der Waals surface area contributed by atoms with Gasteiger partial charge in [-0.3, -0.25) is 14.7 Å². The number of ether oxygens (including phenoxy) is 1. The number of carbonyl (C=O) groups excluding carboxylic acids is 1. The molecule has 2 heterocycles. The molecule has 5 rings (SSSR count). The zero-order chi connectivity index (χ0) is 24.2. The molecule has 0 saturated carbocycles. The van der Waals surface area contributed by atoms with Crippen molar-refractivity contribution in [2.45, 2.75) is 32.7 Å². The van der Waals surface area contributed by atoms with Crippen LogP contribution in [-0.4, -0.2) is 36.0 Å². The Morgan fingerprint density at radius 3 is 2.31 bits per heavy atom. The number of rotatable bonds is 6. The quantitative estimate of drug-likeness (QED) is 0.355. The molecule has 1 N–H and O–H groups in total. The van der Waals surface area contributed by atoms with E-state index in [1.165, 1.54) is 37.9 Å². The summed E-state index contributed by atoms with van der Waals surface area (Å²) in [4.78, 5) is 20.2. The summed E-state index contributed by atoms with van der Waals surface area (Å²) in [6.45, 7) is 5.31. The number of methoxy groups -OCH3 is 1. The second-order valence-corrected chi connectivity index (χ2v) is 9.25. The summed E-state index contributed by atoms with van der Waals surface area (Å²) in [5.74, 6) is 0.693. The van der Waals surface area contributed by atoms with E-state index in [4.69, 9.17) is 9.72 Å². The number of aromatic nitrogens is 1. The van der Waals surface area contributed by atoms with Crippen molar-refractivity contribution in [3.63, 3.8) is 0 Å². The van der Waals surface area contributed by atoms with Crippen LogP contribution in [0.5, 0.6) is 5.75 Å². The number of piperidine rings is 1. The number of fused-ring (bicyclic) bond motifs is 1. The topological polar surface area (TPSA) is 54.5 Å². The van der Waals surface area contributed by atoms with Crippen molar-refractivity contribution < 1.29 is 9.53 Å². The van der Waals surface area contributed by atoms with Gasteiger partial charge in [-0.05, 0) is 91.5 Å². The third-order valence-corrected chi connectivity index (χ3v) is 6.84. The van der Waals surface area contributed by atoms with Gasteiger partial charge in [0, 0.05) is 29.4 Å². The van der Waals surface area contributed by atoms with E-state index in [0.717, 1.165) is 45.6 Å². The van der Waals surface area contributed by atoms with Crippen LogP contribution in [0.2, 0.25) is 0 Å². The van der Waals surface area contributed by atoms with E-state index in [9.17, 15) is 4.79 Å². The van der Waals surface area contributed by atoms with Crippen LogP contribution in [-0.2, 0) is 6.54 Å². The number of anilines is 1. The van der Waals surface area contributed by atoms with Crippen LogP contribution in [0.1, 0.15) is 40.7 Å². The number of nitrogens with zero attached hydrogens (tertiary/aromatic N) is 2. The fraction of sp³-hybridized carbons (Fsp3) is 0.267. The summed E-state index contributed by atoms with van der Waals surface area (Å²) in [7, 11) is 1.66. The summed E-state index contributed by atoms with van der Waals surface area (Å²) in [6, 6.07) is 21.8. The van der Waals surface area contributed by atoms with E-state index >= 15 is 0 Å². The third kappa shape index (κ3) is 5.20. The highest BCUT2D eigenvalue weighted by atomic mass is 16.5. The number of carbonyl (C=O) groups is 1. The van der Waals surface area contributed by atoms with Crippen molar-refractivity contribution in [1.29, 1.82) is 0 Å². The zero-order valence-electron chi connectivity index (χ0n) is 20.4. The number of aryl methyl sites for hydroxylation is 1. The molecular weight excluding hydrogens is 434 g/mol. The summed E-state index contributed by atoms with van der Waals surface area (Å²) >= 11 is 0. The molecule has 1 fully saturated rings. The predicted molar refractivity (Wildman–Crippen MR) is 142 cm³/mol. The van der Waals surface area contributed by atoms with E-state index in [-0.39, 0.29) is 5.91 Å². The Balaban J connectivity index is 1.29. The van der Waals surface area contributed by atoms with Gasteiger partial charge in [0.2, 0.25) is 0 Å². The van der Waals surface area contributed by atoms with Crippen molar-refractivity contribution in [3.8, 4) is 16.9 Å². The van der Waals surface area contributed by atoms with Gasteiger partial charge in [-0.15, -0.1) is 0 Å². The van der Waals surface area contributed by atoms with Crippen molar-refractivity contribution in [2.75, 3.05) is 25.5 Å². The molecule has 5 heteroatoms. The van der Waals surface area contributed by atoms with Crippen molar-refractivity contribution in [1.82, 2.24) is 9.88 Å². The SMILES string of the molecule is COc1ccc(-c2ccc(C(=O)Nc3ccc4cc(CN5CCCCC5)cnc4c3C)cc2)cc1. The second-order valence-electron chi connectivity index (χ2n) is 9.25. The van der Waals surface area contributed by atoms with E-state index in [1.54, 1.807) is 7.11 Å². The maximum atomic E-state index is 13.0. The molecule has 0 atom stereocenters. The molecule has 1 aliphatic heterocycles. The van der Waals surface area contributed by atoms with E-state index in [1.807, 2.05) is 67.7 Å². The van der Waals surface area contributed by atoms with Crippen molar-refractivity contribution in [3.05, 3.63) is 89.6 Å². The molecule has 4 aromatic rings. The molecule has 5 nitrogen and oxygen atoms in total. The molecule has 0 spiro atoms. The summed E-state index contributed by atoms with van der Waals surface area (Å²) in [5.41, 5.74) is 6.69. The number of hydrogen-bond donors (Lipinski definition) is 1. The minimum Gasteiger partial charge on any atom is -0.497 e. The van der Waals surface area contributed by atoms with Crippen LogP contribution in [0.3, 0.4) is 0 Å². The molecule has 0 unspecified atom stereocenters. The van der Waals surface area contributed by atoms with Gasteiger partial charge in [-0.2, -0.15) is 0 Å². The molecule has 178 valence electrons. The summed E-state index contributed by atoms with van der Waals surface area (Å²) in [6.07, 6.45) is 5.89. The highest BCUT2D eigenvalue weighted by Gasteiger charge is 2.13. The number of benzene rings is 3. The Kier molecular flexibility index (Phi) is 6.77. The first-order valence-corrected chi connectivity index (χ1v) is 12.3. The molecule has 0 radical (unpaired) electrons. The largest absolute Gasteiger partial charge is 0.497 e. The van der Waals surface area contributed by atoms with Gasteiger partial charge in [0.25, 0.3) is 5.91 Å². The number of amides is 1. The van der Waals surface area contributed by atoms with Crippen LogP contribution in [0.15, 0.2) is 72.9 Å². The predicted octanol–water partition coefficient (Wildman–Crippen LogP) is 6.46. The lowest BCUT2D eigenvalue weighted by Gasteiger charge is -2.26. The molecule has 0 bridgehead atoms. The van der Waals surface area contributed by atoms with E-state index < -0.39 is 0 Å². The lowest BCUT2D eigenvalue weighted by Crippen LogP contribution is -2.29. The smallest absolute Gasteiger partial charge is 0.255 e. The molecule has 35 heavy (non-hydrogen) atoms. The molecule has 1 amide bonds. The maximum absolute atomic E-state index is 13.0. The normalized spacial score (nSPS) is 14.1. The lowest BCUT2D eigenvalue weighted by molar-refractivity contribution is 0.102. The average molecular weight is 466 g/mol. The van der Waals surface area contributed by atoms with Crippen LogP contribution in [0.4, 0.5) is 5.69 Å². The highest BCUT2D eigenvalue weighted by Crippen LogP contribution is 2.27. The number of hydrogen-bond acceptors (Lipinski definition) is 4. The zero-order valence-corrected chi connectivity index (χ0v) is 20.4. The van der Waals surface area contributed by atoms with Crippen LogP contribution >= 0.6 is 0 Å². The summed E-state index contributed by atoms with van der Waals surface area (Å²) in [5, 5.41) is 4.18. The third-order valence-electron chi connectivity index (χ3n) is 6.84. The first-order chi connectivity index (χ1) is 17.1. The first kappa shape index (κ1) is 23.1. The standard InChI is InChI=1S/C30H31N3O2/c1-21-28(15-12-26-18-22(19-31-29(21)26)20-33-16-4-3-5-17-33)32-30(34)25-8-6-23(7-9-25)24-10-13-27(35-2)14-11-24/h6-15,18-19H,3-5,16-17,20H2,1-2H3,(H,32,34). The summed E-state index contributed by atoms with van der Waals surface area (Å²) < 4.78 is 5.23. The molecular formula is C30H31N3O2. The number of likely N-dealkylation sites (tertiary alicyclic amines) is 1. The molecule has 1 aromatic heterocycles. The van der Waals surface area contributed by atoms with Crippen LogP contribution in [0, 0.1) is 6.92 Å². The molecule has 0 aliphatic carbocycles. The highest BCUT2D eigenvalue weighted by molar-refractivity contribution is 6.06. The average Bonchev–Trinajstić information content (AvgIpc) is 2.91. The molecule has 1 aliphatic rings. The van der Waals surface area contributed by atoms with Gasteiger partial charge in [-0.25, -0.2) is 0 Å². The Hall–Kier alpha value is -3.70. The number of nitrogens with one attached hydrogen (secondary N) is 1. The second kappa shape index (κ2) is 10.3. The van der Waals surface area contributed by atoms with Crippen molar-refractivity contribution >= 4 is 22.5 Å². The Morgan fingerprint density at radius 2 is 1.63 bits per heavy atom. The Labute approximate surface area is 206 Å². The Morgan fingerprint density at radius 1 is 0.943 bits per heavy atom. The van der Waals surface area contributed by atoms with Gasteiger partial charge in [0.05, 0.1) is 12.6 Å². The van der Waals surface area contributed by atoms with Crippen molar-refractivity contribution in [2.24, 2.45) is 0 Å². The lowest BCUT2D eigenvalue weighted by atomic mass is 10.0. The van der Waals surface area contributed by atoms with Gasteiger partial charge >= 0.3 is 0 Å². The minimum atomic E-state index is -0.129. The first-order valence-electron chi connectivity index (χ1n) is 12.3. The monoisotopic (exact) mass is 465 g/mol. The van der Waals surface area contributed by atoms with Gasteiger partial charge in [0.1, 0.15) is 5.75 Å². The van der Waals surface area contributed by atoms with E-state index in [2.05, 4.69) is 22.3 Å². The Bertz CT molecular complexity index is 1320. The van der Waals surface area contributed by atoms with Gasteiger partial charge in [0.15, 0.2) is 0 Å². The van der Waals surface area contributed by atoms with E-state index in [0.29, 0.717) is 5.56 Å². The maximum Gasteiger partial charge on any atom is 0.255 e. The number of pyridine rings is 1. The van der Waals surface area contributed by atoms with Gasteiger partial charge in [-0.1, -0.05) is 36.8 Å². The fourth-order valence-electron chi connectivity index (χ4n) is 4.78. The molecule has 1 saturated heterocycles. The van der Waals surface area contributed by atoms with Gasteiger partial charge < -0.3 is 10.1 Å². The minimum absolute atomic E-state index is 0.129. The van der Waals surface area contributed by atoms with Crippen LogP contribution < -0.4 is 10.1 Å². The molecule has 3 aromatic carbocycles. The van der Waals surface area contributed by atoms with Crippen LogP contribution in [0.25, 0.3) is 22.0 Å².